The molecule has 1 saturated carbocycles. The lowest BCUT2D eigenvalue weighted by Gasteiger charge is -2.30. The Labute approximate surface area is 104 Å². The first-order chi connectivity index (χ1) is 8.19. The van der Waals surface area contributed by atoms with Gasteiger partial charge in [-0.25, -0.2) is 0 Å². The number of nitrogens with two attached hydrogens (primary N) is 1. The molecule has 0 amide bonds. The van der Waals surface area contributed by atoms with Crippen LogP contribution in [0.15, 0.2) is 18.2 Å². The number of benzene rings is 1. The minimum absolute atomic E-state index is 0.804. The second-order valence-electron chi connectivity index (χ2n) is 5.06. The van der Waals surface area contributed by atoms with Crippen molar-refractivity contribution in [2.24, 2.45) is 5.92 Å². The number of methoxy groups -OCH3 is 1. The van der Waals surface area contributed by atoms with Gasteiger partial charge < -0.3 is 15.4 Å². The number of anilines is 1. The van der Waals surface area contributed by atoms with Crippen molar-refractivity contribution in [2.45, 2.75) is 25.8 Å². The summed E-state index contributed by atoms with van der Waals surface area (Å²) in [6.45, 7) is 2.09. The Morgan fingerprint density at radius 1 is 1.41 bits per heavy atom. The Hall–Kier alpha value is -1.22. The fraction of sp³-hybridized carbons (Fsp3) is 0.571. The van der Waals surface area contributed by atoms with Crippen LogP contribution >= 0.6 is 0 Å². The van der Waals surface area contributed by atoms with Crippen LogP contribution in [0.2, 0.25) is 0 Å². The van der Waals surface area contributed by atoms with Gasteiger partial charge >= 0.3 is 0 Å². The van der Waals surface area contributed by atoms with E-state index in [0.29, 0.717) is 0 Å². The van der Waals surface area contributed by atoms with Crippen LogP contribution in [-0.4, -0.2) is 25.6 Å². The highest BCUT2D eigenvalue weighted by molar-refractivity contribution is 5.47. The van der Waals surface area contributed by atoms with Crippen molar-refractivity contribution in [1.82, 2.24) is 4.90 Å². The molecule has 0 radical (unpaired) electrons. The highest BCUT2D eigenvalue weighted by Gasteiger charge is 2.19. The summed E-state index contributed by atoms with van der Waals surface area (Å²) in [7, 11) is 3.88. The van der Waals surface area contributed by atoms with E-state index < -0.39 is 0 Å². The molecule has 0 unspecified atom stereocenters. The fourth-order valence-electron chi connectivity index (χ4n) is 2.39. The third-order valence-corrected chi connectivity index (χ3v) is 3.54. The van der Waals surface area contributed by atoms with E-state index in [-0.39, 0.29) is 0 Å². The third-order valence-electron chi connectivity index (χ3n) is 3.54. The molecule has 2 rings (SSSR count). The van der Waals surface area contributed by atoms with E-state index in [9.17, 15) is 0 Å². The summed E-state index contributed by atoms with van der Waals surface area (Å²) in [6.07, 6.45) is 4.18. The predicted octanol–water partition coefficient (Wildman–Crippen LogP) is 2.51. The van der Waals surface area contributed by atoms with Gasteiger partial charge in [0, 0.05) is 24.3 Å². The van der Waals surface area contributed by atoms with Crippen LogP contribution in [0.1, 0.15) is 24.8 Å². The van der Waals surface area contributed by atoms with Gasteiger partial charge in [0.2, 0.25) is 0 Å². The van der Waals surface area contributed by atoms with Crippen LogP contribution < -0.4 is 10.5 Å². The quantitative estimate of drug-likeness (QED) is 0.796. The molecule has 0 saturated heterocycles. The first kappa shape index (κ1) is 12.2. The molecule has 17 heavy (non-hydrogen) atoms. The summed E-state index contributed by atoms with van der Waals surface area (Å²) in [5, 5.41) is 0. The van der Waals surface area contributed by atoms with Gasteiger partial charge in [-0.3, -0.25) is 0 Å². The molecule has 0 atom stereocenters. The minimum Gasteiger partial charge on any atom is -0.496 e. The van der Waals surface area contributed by atoms with E-state index in [1.54, 1.807) is 7.11 Å². The van der Waals surface area contributed by atoms with Gasteiger partial charge in [0.15, 0.2) is 0 Å². The molecule has 1 aliphatic rings. The molecule has 0 bridgehead atoms. The molecule has 0 aromatic heterocycles. The third kappa shape index (κ3) is 3.13. The molecule has 1 aromatic carbocycles. The number of rotatable bonds is 5. The number of hydrogen-bond acceptors (Lipinski definition) is 3. The average molecular weight is 234 g/mol. The SMILES string of the molecule is COc1ccc(N)cc1CN(C)CC1CCC1. The van der Waals surface area contributed by atoms with Crippen molar-refractivity contribution >= 4 is 5.69 Å². The monoisotopic (exact) mass is 234 g/mol. The van der Waals surface area contributed by atoms with Crippen molar-refractivity contribution in [1.29, 1.82) is 0 Å². The zero-order valence-electron chi connectivity index (χ0n) is 10.8. The standard InChI is InChI=1S/C14H22N2O/c1-16(9-11-4-3-5-11)10-12-8-13(15)6-7-14(12)17-2/h6-8,11H,3-5,9-10,15H2,1-2H3. The zero-order valence-corrected chi connectivity index (χ0v) is 10.8. The number of ether oxygens (including phenoxy) is 1. The molecule has 2 N–H and O–H groups in total. The Morgan fingerprint density at radius 2 is 2.18 bits per heavy atom. The van der Waals surface area contributed by atoms with Crippen molar-refractivity contribution in [3.05, 3.63) is 23.8 Å². The Balaban J connectivity index is 1.98. The van der Waals surface area contributed by atoms with Crippen LogP contribution in [0.25, 0.3) is 0 Å². The first-order valence-corrected chi connectivity index (χ1v) is 6.30. The minimum atomic E-state index is 0.804. The van der Waals surface area contributed by atoms with Crippen LogP contribution in [0.3, 0.4) is 0 Å². The van der Waals surface area contributed by atoms with Crippen molar-refractivity contribution < 1.29 is 4.74 Å². The van der Waals surface area contributed by atoms with Gasteiger partial charge in [0.1, 0.15) is 5.75 Å². The van der Waals surface area contributed by atoms with Crippen LogP contribution in [0.5, 0.6) is 5.75 Å². The highest BCUT2D eigenvalue weighted by atomic mass is 16.5. The maximum atomic E-state index is 5.82. The predicted molar refractivity (Wildman–Crippen MR) is 71.1 cm³/mol. The van der Waals surface area contributed by atoms with Gasteiger partial charge in [-0.2, -0.15) is 0 Å². The lowest BCUT2D eigenvalue weighted by Crippen LogP contribution is -2.29. The maximum Gasteiger partial charge on any atom is 0.123 e. The summed E-state index contributed by atoms with van der Waals surface area (Å²) in [6, 6.07) is 5.84. The molecule has 1 fully saturated rings. The first-order valence-electron chi connectivity index (χ1n) is 6.30. The molecule has 94 valence electrons. The maximum absolute atomic E-state index is 5.82. The van der Waals surface area contributed by atoms with E-state index in [1.807, 2.05) is 18.2 Å². The second-order valence-corrected chi connectivity index (χ2v) is 5.06. The summed E-state index contributed by atoms with van der Waals surface area (Å²) in [5.74, 6) is 1.83. The summed E-state index contributed by atoms with van der Waals surface area (Å²) in [4.78, 5) is 2.36. The molecule has 3 heteroatoms. The lowest BCUT2D eigenvalue weighted by atomic mass is 9.85. The molecular weight excluding hydrogens is 212 g/mol. The van der Waals surface area contributed by atoms with Gasteiger partial charge in [-0.15, -0.1) is 0 Å². The van der Waals surface area contributed by atoms with Crippen molar-refractivity contribution in [3.63, 3.8) is 0 Å². The highest BCUT2D eigenvalue weighted by Crippen LogP contribution is 2.28. The van der Waals surface area contributed by atoms with Crippen molar-refractivity contribution in [2.75, 3.05) is 26.4 Å². The van der Waals surface area contributed by atoms with E-state index in [4.69, 9.17) is 10.5 Å². The van der Waals surface area contributed by atoms with E-state index in [1.165, 1.54) is 31.4 Å². The molecule has 3 nitrogen and oxygen atoms in total. The van der Waals surface area contributed by atoms with Gasteiger partial charge in [0.05, 0.1) is 7.11 Å². The normalized spacial score (nSPS) is 15.9. The number of hydrogen-bond donors (Lipinski definition) is 1. The topological polar surface area (TPSA) is 38.5 Å². The molecule has 0 heterocycles. The molecule has 1 aliphatic carbocycles. The summed E-state index contributed by atoms with van der Waals surface area (Å²) in [5.41, 5.74) is 7.80. The van der Waals surface area contributed by atoms with Gasteiger partial charge in [-0.1, -0.05) is 6.42 Å². The van der Waals surface area contributed by atoms with Gasteiger partial charge in [0.25, 0.3) is 0 Å². The second kappa shape index (κ2) is 5.41. The van der Waals surface area contributed by atoms with Gasteiger partial charge in [-0.05, 0) is 44.0 Å². The summed E-state index contributed by atoms with van der Waals surface area (Å²) < 4.78 is 5.36. The van der Waals surface area contributed by atoms with E-state index in [2.05, 4.69) is 11.9 Å². The largest absolute Gasteiger partial charge is 0.496 e. The lowest BCUT2D eigenvalue weighted by molar-refractivity contribution is 0.199. The van der Waals surface area contributed by atoms with Crippen LogP contribution in [0, 0.1) is 5.92 Å². The van der Waals surface area contributed by atoms with Crippen LogP contribution in [0.4, 0.5) is 5.69 Å². The Bertz CT molecular complexity index is 374. The number of nitrogen functional groups attached to an aromatic ring is 1. The zero-order chi connectivity index (χ0) is 12.3. The fourth-order valence-corrected chi connectivity index (χ4v) is 2.39. The smallest absolute Gasteiger partial charge is 0.123 e. The summed E-state index contributed by atoms with van der Waals surface area (Å²) >= 11 is 0. The molecule has 0 spiro atoms. The Kier molecular flexibility index (Phi) is 3.89. The van der Waals surface area contributed by atoms with Crippen LogP contribution in [-0.2, 0) is 6.54 Å². The Morgan fingerprint density at radius 3 is 2.76 bits per heavy atom. The molecule has 0 aliphatic heterocycles. The number of nitrogens with zero attached hydrogens (tertiary/aromatic N) is 1. The van der Waals surface area contributed by atoms with E-state index in [0.717, 1.165) is 23.9 Å². The molecular formula is C14H22N2O. The molecule has 1 aromatic rings. The van der Waals surface area contributed by atoms with E-state index >= 15 is 0 Å². The average Bonchev–Trinajstić information content (AvgIpc) is 2.24. The van der Waals surface area contributed by atoms with Crippen molar-refractivity contribution in [3.8, 4) is 5.75 Å².